The maximum absolute atomic E-state index is 11.2. The van der Waals surface area contributed by atoms with Gasteiger partial charge in [0.25, 0.3) is 0 Å². The lowest BCUT2D eigenvalue weighted by molar-refractivity contribution is 0.0694. The number of aromatic nitrogens is 1. The molecule has 0 saturated heterocycles. The van der Waals surface area contributed by atoms with E-state index in [9.17, 15) is 4.79 Å². The molecule has 1 N–H and O–H groups in total. The van der Waals surface area contributed by atoms with Gasteiger partial charge in [0.05, 0.1) is 11.6 Å². The maximum atomic E-state index is 11.2. The van der Waals surface area contributed by atoms with Crippen LogP contribution in [0.2, 0.25) is 5.02 Å². The van der Waals surface area contributed by atoms with Gasteiger partial charge in [-0.2, -0.15) is 0 Å². The molecule has 0 fully saturated rings. The minimum Gasteiger partial charge on any atom is -0.478 e. The van der Waals surface area contributed by atoms with Gasteiger partial charge in [0.2, 0.25) is 5.88 Å². The van der Waals surface area contributed by atoms with Crippen molar-refractivity contribution in [2.45, 2.75) is 0 Å². The smallest absolute Gasteiger partial charge is 0.339 e. The molecule has 0 aliphatic carbocycles. The summed E-state index contributed by atoms with van der Waals surface area (Å²) in [6, 6.07) is 7.77. The van der Waals surface area contributed by atoms with Gasteiger partial charge in [-0.1, -0.05) is 11.6 Å². The third-order valence-corrected chi connectivity index (χ3v) is 2.96. The van der Waals surface area contributed by atoms with Crippen LogP contribution in [-0.4, -0.2) is 16.1 Å². The van der Waals surface area contributed by atoms with Gasteiger partial charge in [-0.05, 0) is 30.3 Å². The Labute approximate surface area is 118 Å². The van der Waals surface area contributed by atoms with Gasteiger partial charge in [0.15, 0.2) is 0 Å². The predicted molar refractivity (Wildman–Crippen MR) is 72.5 cm³/mol. The third kappa shape index (κ3) is 2.19. The molecule has 0 bridgehead atoms. The Balaban J connectivity index is 2.07. The lowest BCUT2D eigenvalue weighted by atomic mass is 10.2. The van der Waals surface area contributed by atoms with Crippen LogP contribution in [0.5, 0.6) is 11.6 Å². The SMILES string of the molecule is O=C(O)c1cc(Cl)ccc1Oc1nccc2occc12. The van der Waals surface area contributed by atoms with Crippen molar-refractivity contribution in [3.8, 4) is 11.6 Å². The summed E-state index contributed by atoms with van der Waals surface area (Å²) in [5.74, 6) is -0.675. The quantitative estimate of drug-likeness (QED) is 0.789. The zero-order chi connectivity index (χ0) is 14.1. The molecule has 3 aromatic rings. The van der Waals surface area contributed by atoms with E-state index in [0.717, 1.165) is 0 Å². The zero-order valence-electron chi connectivity index (χ0n) is 10.0. The summed E-state index contributed by atoms with van der Waals surface area (Å²) < 4.78 is 10.8. The highest BCUT2D eigenvalue weighted by Crippen LogP contribution is 2.31. The van der Waals surface area contributed by atoms with Crippen LogP contribution in [0.3, 0.4) is 0 Å². The van der Waals surface area contributed by atoms with Crippen molar-refractivity contribution in [3.05, 3.63) is 53.4 Å². The Kier molecular flexibility index (Phi) is 3.04. The number of carboxylic acid groups (broad SMARTS) is 1. The van der Waals surface area contributed by atoms with Gasteiger partial charge >= 0.3 is 5.97 Å². The van der Waals surface area contributed by atoms with Crippen LogP contribution in [-0.2, 0) is 0 Å². The molecular weight excluding hydrogens is 282 g/mol. The van der Waals surface area contributed by atoms with Gasteiger partial charge in [0, 0.05) is 11.2 Å². The Hall–Kier alpha value is -2.53. The number of aromatic carboxylic acids is 1. The van der Waals surface area contributed by atoms with Gasteiger partial charge in [-0.15, -0.1) is 0 Å². The first-order valence-electron chi connectivity index (χ1n) is 5.68. The van der Waals surface area contributed by atoms with E-state index in [-0.39, 0.29) is 17.2 Å². The minimum atomic E-state index is -1.12. The summed E-state index contributed by atoms with van der Waals surface area (Å²) in [6.45, 7) is 0. The van der Waals surface area contributed by atoms with E-state index in [1.54, 1.807) is 18.2 Å². The van der Waals surface area contributed by atoms with Crippen molar-refractivity contribution in [1.82, 2.24) is 4.98 Å². The monoisotopic (exact) mass is 289 g/mol. The van der Waals surface area contributed by atoms with Gasteiger partial charge in [-0.25, -0.2) is 9.78 Å². The molecule has 5 nitrogen and oxygen atoms in total. The van der Waals surface area contributed by atoms with Crippen LogP contribution >= 0.6 is 11.6 Å². The van der Waals surface area contributed by atoms with E-state index in [4.69, 9.17) is 25.9 Å². The van der Waals surface area contributed by atoms with Crippen molar-refractivity contribution >= 4 is 28.5 Å². The van der Waals surface area contributed by atoms with Crippen LogP contribution in [0.1, 0.15) is 10.4 Å². The van der Waals surface area contributed by atoms with Crippen molar-refractivity contribution < 1.29 is 19.1 Å². The largest absolute Gasteiger partial charge is 0.478 e. The average molecular weight is 290 g/mol. The number of pyridine rings is 1. The summed E-state index contributed by atoms with van der Waals surface area (Å²) in [4.78, 5) is 15.3. The van der Waals surface area contributed by atoms with Crippen LogP contribution < -0.4 is 4.74 Å². The van der Waals surface area contributed by atoms with Crippen molar-refractivity contribution in [1.29, 1.82) is 0 Å². The number of hydrogen-bond donors (Lipinski definition) is 1. The molecule has 0 atom stereocenters. The van der Waals surface area contributed by atoms with Gasteiger partial charge < -0.3 is 14.3 Å². The van der Waals surface area contributed by atoms with E-state index in [2.05, 4.69) is 4.98 Å². The molecule has 0 radical (unpaired) electrons. The topological polar surface area (TPSA) is 72.6 Å². The van der Waals surface area contributed by atoms with Crippen LogP contribution in [0.25, 0.3) is 11.0 Å². The first-order valence-corrected chi connectivity index (χ1v) is 6.06. The Morgan fingerprint density at radius 2 is 2.15 bits per heavy atom. The number of benzene rings is 1. The van der Waals surface area contributed by atoms with Crippen LogP contribution in [0, 0.1) is 0 Å². The fourth-order valence-corrected chi connectivity index (χ4v) is 1.98. The molecule has 0 amide bonds. The van der Waals surface area contributed by atoms with E-state index >= 15 is 0 Å². The molecule has 100 valence electrons. The second-order valence-electron chi connectivity index (χ2n) is 4.00. The molecule has 3 rings (SSSR count). The Morgan fingerprint density at radius 3 is 2.95 bits per heavy atom. The van der Waals surface area contributed by atoms with Crippen molar-refractivity contribution in [2.24, 2.45) is 0 Å². The number of halogens is 1. The molecule has 0 aliphatic rings. The molecule has 0 unspecified atom stereocenters. The van der Waals surface area contributed by atoms with E-state index in [1.807, 2.05) is 0 Å². The second-order valence-corrected chi connectivity index (χ2v) is 4.43. The fraction of sp³-hybridized carbons (Fsp3) is 0. The lowest BCUT2D eigenvalue weighted by Crippen LogP contribution is -2.00. The molecule has 0 spiro atoms. The summed E-state index contributed by atoms with van der Waals surface area (Å²) in [6.07, 6.45) is 3.04. The van der Waals surface area contributed by atoms with Gasteiger partial charge in [-0.3, -0.25) is 0 Å². The molecule has 2 aromatic heterocycles. The highest BCUT2D eigenvalue weighted by Gasteiger charge is 2.15. The molecule has 6 heteroatoms. The van der Waals surface area contributed by atoms with Gasteiger partial charge in [0.1, 0.15) is 16.9 Å². The average Bonchev–Trinajstić information content (AvgIpc) is 2.90. The molecule has 0 saturated carbocycles. The molecular formula is C14H8ClNO4. The first-order chi connectivity index (χ1) is 9.65. The van der Waals surface area contributed by atoms with Crippen molar-refractivity contribution in [2.75, 3.05) is 0 Å². The lowest BCUT2D eigenvalue weighted by Gasteiger charge is -2.08. The number of hydrogen-bond acceptors (Lipinski definition) is 4. The third-order valence-electron chi connectivity index (χ3n) is 2.72. The number of carbonyl (C=O) groups is 1. The van der Waals surface area contributed by atoms with Crippen LogP contribution in [0.15, 0.2) is 47.2 Å². The Bertz CT molecular complexity index is 797. The number of ether oxygens (including phenoxy) is 1. The molecule has 0 aliphatic heterocycles. The van der Waals surface area contributed by atoms with E-state index in [0.29, 0.717) is 16.0 Å². The fourth-order valence-electron chi connectivity index (χ4n) is 1.81. The summed E-state index contributed by atoms with van der Waals surface area (Å²) in [5.41, 5.74) is 0.584. The van der Waals surface area contributed by atoms with E-state index in [1.165, 1.54) is 24.6 Å². The Morgan fingerprint density at radius 1 is 1.30 bits per heavy atom. The second kappa shape index (κ2) is 4.86. The number of carboxylic acids is 1. The maximum Gasteiger partial charge on any atom is 0.339 e. The molecule has 1 aromatic carbocycles. The van der Waals surface area contributed by atoms with E-state index < -0.39 is 5.97 Å². The minimum absolute atomic E-state index is 0.0280. The van der Waals surface area contributed by atoms with Crippen molar-refractivity contribution in [3.63, 3.8) is 0 Å². The summed E-state index contributed by atoms with van der Waals surface area (Å²) in [7, 11) is 0. The molecule has 2 heterocycles. The standard InChI is InChI=1S/C14H8ClNO4/c15-8-1-2-12(10(7-8)14(17)18)20-13-9-4-6-19-11(9)3-5-16-13/h1-7H,(H,17,18). The van der Waals surface area contributed by atoms with Crippen LogP contribution in [0.4, 0.5) is 0 Å². The number of nitrogens with zero attached hydrogens (tertiary/aromatic N) is 1. The number of furan rings is 1. The molecule has 20 heavy (non-hydrogen) atoms. The zero-order valence-corrected chi connectivity index (χ0v) is 10.8. The predicted octanol–water partition coefficient (Wildman–Crippen LogP) is 3.97. The summed E-state index contributed by atoms with van der Waals surface area (Å²) in [5, 5.41) is 10.2. The normalized spacial score (nSPS) is 10.7. The first kappa shape index (κ1) is 12.5. The highest BCUT2D eigenvalue weighted by molar-refractivity contribution is 6.31. The number of rotatable bonds is 3. The summed E-state index contributed by atoms with van der Waals surface area (Å²) >= 11 is 5.79. The highest BCUT2D eigenvalue weighted by atomic mass is 35.5. The number of fused-ring (bicyclic) bond motifs is 1.